The minimum atomic E-state index is -3.57. The van der Waals surface area contributed by atoms with E-state index in [9.17, 15) is 12.8 Å². The zero-order chi connectivity index (χ0) is 14.0. The smallest absolute Gasteiger partial charge is 0.181 e. The molecule has 1 aliphatic heterocycles. The van der Waals surface area contributed by atoms with E-state index < -0.39 is 15.7 Å². The molecule has 5 nitrogen and oxygen atoms in total. The molecular weight excluding hydrogens is 271 g/mol. The van der Waals surface area contributed by atoms with Crippen LogP contribution in [-0.4, -0.2) is 51.9 Å². The van der Waals surface area contributed by atoms with Crippen LogP contribution < -0.4 is 5.73 Å². The number of morpholine rings is 1. The first-order chi connectivity index (χ1) is 8.88. The number of rotatable bonds is 3. The first-order valence-electron chi connectivity index (χ1n) is 5.96. The second-order valence-electron chi connectivity index (χ2n) is 4.72. The molecule has 1 heterocycles. The van der Waals surface area contributed by atoms with Crippen molar-refractivity contribution >= 4 is 15.5 Å². The summed E-state index contributed by atoms with van der Waals surface area (Å²) in [5.74, 6) is -0.872. The molecular formula is C12H17FN2O3S. The van der Waals surface area contributed by atoms with Crippen LogP contribution in [0.15, 0.2) is 23.1 Å². The van der Waals surface area contributed by atoms with Crippen LogP contribution in [0.25, 0.3) is 0 Å². The third kappa shape index (κ3) is 3.43. The van der Waals surface area contributed by atoms with E-state index >= 15 is 0 Å². The number of anilines is 1. The quantitative estimate of drug-likeness (QED) is 0.821. The van der Waals surface area contributed by atoms with Gasteiger partial charge in [-0.3, -0.25) is 0 Å². The second-order valence-corrected chi connectivity index (χ2v) is 6.75. The van der Waals surface area contributed by atoms with Crippen molar-refractivity contribution < 1.29 is 17.5 Å². The Morgan fingerprint density at radius 3 is 2.89 bits per heavy atom. The lowest BCUT2D eigenvalue weighted by molar-refractivity contribution is -0.00680. The van der Waals surface area contributed by atoms with Gasteiger partial charge in [-0.2, -0.15) is 0 Å². The van der Waals surface area contributed by atoms with Crippen LogP contribution in [0.2, 0.25) is 0 Å². The molecule has 1 aromatic carbocycles. The first-order valence-corrected chi connectivity index (χ1v) is 7.61. The molecule has 0 saturated carbocycles. The van der Waals surface area contributed by atoms with Crippen molar-refractivity contribution in [2.75, 3.05) is 38.2 Å². The molecule has 1 saturated heterocycles. The molecule has 1 aliphatic rings. The molecule has 0 radical (unpaired) electrons. The topological polar surface area (TPSA) is 72.6 Å². The summed E-state index contributed by atoms with van der Waals surface area (Å²) >= 11 is 0. The molecule has 2 rings (SSSR count). The predicted molar refractivity (Wildman–Crippen MR) is 70.1 cm³/mol. The van der Waals surface area contributed by atoms with Crippen LogP contribution in [0.1, 0.15) is 0 Å². The zero-order valence-electron chi connectivity index (χ0n) is 10.7. The number of halogens is 1. The maximum absolute atomic E-state index is 13.3. The minimum Gasteiger partial charge on any atom is -0.396 e. The monoisotopic (exact) mass is 288 g/mol. The molecule has 0 bridgehead atoms. The van der Waals surface area contributed by atoms with E-state index in [1.807, 2.05) is 11.9 Å². The van der Waals surface area contributed by atoms with Gasteiger partial charge in [0.15, 0.2) is 9.84 Å². The molecule has 19 heavy (non-hydrogen) atoms. The number of sulfone groups is 1. The van der Waals surface area contributed by atoms with Gasteiger partial charge < -0.3 is 15.4 Å². The largest absolute Gasteiger partial charge is 0.396 e. The summed E-state index contributed by atoms with van der Waals surface area (Å²) < 4.78 is 43.1. The van der Waals surface area contributed by atoms with E-state index in [0.29, 0.717) is 13.2 Å². The van der Waals surface area contributed by atoms with Crippen molar-refractivity contribution in [1.82, 2.24) is 4.90 Å². The van der Waals surface area contributed by atoms with Crippen molar-refractivity contribution in [3.05, 3.63) is 24.0 Å². The van der Waals surface area contributed by atoms with Crippen molar-refractivity contribution in [2.45, 2.75) is 11.0 Å². The molecule has 1 unspecified atom stereocenters. The number of hydrogen-bond acceptors (Lipinski definition) is 5. The van der Waals surface area contributed by atoms with Gasteiger partial charge in [-0.25, -0.2) is 12.8 Å². The van der Waals surface area contributed by atoms with Gasteiger partial charge in [-0.05, 0) is 25.2 Å². The highest BCUT2D eigenvalue weighted by Crippen LogP contribution is 2.19. The van der Waals surface area contributed by atoms with Gasteiger partial charge in [0.05, 0.1) is 29.0 Å². The standard InChI is InChI=1S/C12H17FN2O3S/c1-15-4-5-18-9(7-15)8-19(16,17)10-2-3-12(14)11(13)6-10/h2-3,6,9H,4-5,7-8,14H2,1H3. The van der Waals surface area contributed by atoms with Gasteiger partial charge in [0.2, 0.25) is 0 Å². The summed E-state index contributed by atoms with van der Waals surface area (Å²) in [5, 5.41) is 0. The molecule has 0 spiro atoms. The Hall–Kier alpha value is -1.18. The van der Waals surface area contributed by atoms with Crippen LogP contribution in [0, 0.1) is 5.82 Å². The van der Waals surface area contributed by atoms with Gasteiger partial charge in [0, 0.05) is 13.1 Å². The number of likely N-dealkylation sites (N-methyl/N-ethyl adjacent to an activating group) is 1. The Morgan fingerprint density at radius 1 is 1.53 bits per heavy atom. The van der Waals surface area contributed by atoms with Crippen molar-refractivity contribution in [3.8, 4) is 0 Å². The Morgan fingerprint density at radius 2 is 2.26 bits per heavy atom. The van der Waals surface area contributed by atoms with Crippen LogP contribution in [-0.2, 0) is 14.6 Å². The van der Waals surface area contributed by atoms with Gasteiger partial charge in [-0.1, -0.05) is 0 Å². The molecule has 1 fully saturated rings. The number of nitrogen functional groups attached to an aromatic ring is 1. The average molecular weight is 288 g/mol. The highest BCUT2D eigenvalue weighted by atomic mass is 32.2. The van der Waals surface area contributed by atoms with Crippen LogP contribution >= 0.6 is 0 Å². The van der Waals surface area contributed by atoms with E-state index in [1.54, 1.807) is 0 Å². The van der Waals surface area contributed by atoms with Crippen LogP contribution in [0.5, 0.6) is 0 Å². The molecule has 0 amide bonds. The van der Waals surface area contributed by atoms with Gasteiger partial charge >= 0.3 is 0 Å². The molecule has 0 aliphatic carbocycles. The lowest BCUT2D eigenvalue weighted by Crippen LogP contribution is -2.43. The summed E-state index contributed by atoms with van der Waals surface area (Å²) in [5.41, 5.74) is 5.27. The minimum absolute atomic E-state index is 0.0592. The third-order valence-corrected chi connectivity index (χ3v) is 4.86. The Kier molecular flexibility index (Phi) is 4.07. The van der Waals surface area contributed by atoms with Crippen molar-refractivity contribution in [1.29, 1.82) is 0 Å². The fourth-order valence-electron chi connectivity index (χ4n) is 2.01. The highest BCUT2D eigenvalue weighted by Gasteiger charge is 2.26. The summed E-state index contributed by atoms with van der Waals surface area (Å²) in [6.45, 7) is 1.84. The Bertz CT molecular complexity index is 562. The lowest BCUT2D eigenvalue weighted by atomic mass is 10.3. The highest BCUT2D eigenvalue weighted by molar-refractivity contribution is 7.91. The molecule has 7 heteroatoms. The molecule has 0 aromatic heterocycles. The SMILES string of the molecule is CN1CCOC(CS(=O)(=O)c2ccc(N)c(F)c2)C1. The maximum Gasteiger partial charge on any atom is 0.181 e. The second kappa shape index (κ2) is 5.44. The van der Waals surface area contributed by atoms with Crippen molar-refractivity contribution in [2.24, 2.45) is 0 Å². The van der Waals surface area contributed by atoms with Gasteiger partial charge in [0.1, 0.15) is 5.82 Å². The summed E-state index contributed by atoms with van der Waals surface area (Å²) in [7, 11) is -1.66. The third-order valence-electron chi connectivity index (χ3n) is 3.08. The summed E-state index contributed by atoms with van der Waals surface area (Å²) in [6.07, 6.45) is -0.385. The number of nitrogens with two attached hydrogens (primary N) is 1. The predicted octanol–water partition coefficient (Wildman–Crippen LogP) is 0.512. The molecule has 1 atom stereocenters. The van der Waals surface area contributed by atoms with Crippen molar-refractivity contribution in [3.63, 3.8) is 0 Å². The fraction of sp³-hybridized carbons (Fsp3) is 0.500. The zero-order valence-corrected chi connectivity index (χ0v) is 11.5. The van der Waals surface area contributed by atoms with E-state index in [4.69, 9.17) is 10.5 Å². The van der Waals surface area contributed by atoms with Crippen LogP contribution in [0.4, 0.5) is 10.1 Å². The Balaban J connectivity index is 2.15. The van der Waals surface area contributed by atoms with Gasteiger partial charge in [-0.15, -0.1) is 0 Å². The van der Waals surface area contributed by atoms with Gasteiger partial charge in [0.25, 0.3) is 0 Å². The maximum atomic E-state index is 13.3. The fourth-order valence-corrected chi connectivity index (χ4v) is 3.45. The summed E-state index contributed by atoms with van der Waals surface area (Å²) in [6, 6.07) is 3.54. The normalized spacial score (nSPS) is 21.5. The number of benzene rings is 1. The average Bonchev–Trinajstić information content (AvgIpc) is 2.32. The first kappa shape index (κ1) is 14.2. The lowest BCUT2D eigenvalue weighted by Gasteiger charge is -2.29. The summed E-state index contributed by atoms with van der Waals surface area (Å²) in [4.78, 5) is 1.95. The molecule has 1 aromatic rings. The van der Waals surface area contributed by atoms with E-state index in [2.05, 4.69) is 0 Å². The number of hydrogen-bond donors (Lipinski definition) is 1. The van der Waals surface area contributed by atoms with E-state index in [0.717, 1.165) is 12.6 Å². The van der Waals surface area contributed by atoms with E-state index in [-0.39, 0.29) is 22.4 Å². The number of ether oxygens (including phenoxy) is 1. The van der Waals surface area contributed by atoms with Crippen LogP contribution in [0.3, 0.4) is 0 Å². The molecule has 2 N–H and O–H groups in total. The number of nitrogens with zero attached hydrogens (tertiary/aromatic N) is 1. The van der Waals surface area contributed by atoms with E-state index in [1.165, 1.54) is 12.1 Å². The Labute approximate surface area is 112 Å². The molecule has 106 valence electrons.